The molecule has 0 bridgehead atoms. The van der Waals surface area contributed by atoms with E-state index >= 15 is 0 Å². The lowest BCUT2D eigenvalue weighted by Crippen LogP contribution is -2.50. The highest BCUT2D eigenvalue weighted by Crippen LogP contribution is 2.33. The third-order valence-electron chi connectivity index (χ3n) is 5.21. The zero-order chi connectivity index (χ0) is 22.0. The summed E-state index contributed by atoms with van der Waals surface area (Å²) in [6.45, 7) is 1.40. The Balaban J connectivity index is 1.48. The van der Waals surface area contributed by atoms with Crippen LogP contribution in [0.3, 0.4) is 0 Å². The van der Waals surface area contributed by atoms with Crippen molar-refractivity contribution in [2.24, 2.45) is 0 Å². The summed E-state index contributed by atoms with van der Waals surface area (Å²) in [6, 6.07) is 10.3. The fourth-order valence-corrected chi connectivity index (χ4v) is 5.01. The summed E-state index contributed by atoms with van der Waals surface area (Å²) in [4.78, 5) is 24.9. The summed E-state index contributed by atoms with van der Waals surface area (Å²) in [5, 5.41) is 11.2. The highest BCUT2D eigenvalue weighted by molar-refractivity contribution is 7.89. The minimum Gasteiger partial charge on any atom is -0.490 e. The number of hydrogen-bond donors (Lipinski definition) is 0. The van der Waals surface area contributed by atoms with Gasteiger partial charge >= 0.3 is 0 Å². The minimum absolute atomic E-state index is 0.00768. The SMILES string of the molecule is O=C(c1ccccc1[N+](=O)[O-])N1CCN(S(=O)(=O)c2ccc3c(c2)OCCCO3)CC1. The Morgan fingerprint density at radius 2 is 1.65 bits per heavy atom. The molecule has 164 valence electrons. The topological polar surface area (TPSA) is 119 Å². The van der Waals surface area contributed by atoms with E-state index in [0.717, 1.165) is 0 Å². The fraction of sp³-hybridized carbons (Fsp3) is 0.350. The van der Waals surface area contributed by atoms with Crippen molar-refractivity contribution in [3.05, 3.63) is 58.1 Å². The molecule has 0 saturated carbocycles. The van der Waals surface area contributed by atoms with Crippen LogP contribution in [-0.4, -0.2) is 67.8 Å². The maximum Gasteiger partial charge on any atom is 0.282 e. The zero-order valence-electron chi connectivity index (χ0n) is 16.6. The van der Waals surface area contributed by atoms with Crippen molar-refractivity contribution >= 4 is 21.6 Å². The van der Waals surface area contributed by atoms with Gasteiger partial charge in [-0.25, -0.2) is 8.42 Å². The first kappa shape index (κ1) is 21.1. The number of rotatable bonds is 4. The molecule has 1 amide bonds. The number of nitro groups is 1. The molecule has 2 heterocycles. The smallest absolute Gasteiger partial charge is 0.282 e. The molecule has 11 heteroatoms. The molecular weight excluding hydrogens is 426 g/mol. The second-order valence-corrected chi connectivity index (χ2v) is 9.07. The molecule has 0 spiro atoms. The first-order valence-electron chi connectivity index (χ1n) is 9.80. The number of sulfonamides is 1. The van der Waals surface area contributed by atoms with Gasteiger partial charge in [0.1, 0.15) is 5.56 Å². The van der Waals surface area contributed by atoms with Gasteiger partial charge < -0.3 is 14.4 Å². The molecule has 2 aliphatic heterocycles. The third kappa shape index (κ3) is 4.19. The number of carbonyl (C=O) groups excluding carboxylic acids is 1. The van der Waals surface area contributed by atoms with E-state index in [1.54, 1.807) is 12.1 Å². The van der Waals surface area contributed by atoms with Crippen LogP contribution in [0.2, 0.25) is 0 Å². The van der Waals surface area contributed by atoms with Crippen molar-refractivity contribution in [3.63, 3.8) is 0 Å². The monoisotopic (exact) mass is 447 g/mol. The second kappa shape index (κ2) is 8.52. The molecule has 1 saturated heterocycles. The van der Waals surface area contributed by atoms with Gasteiger partial charge in [0, 0.05) is 44.7 Å². The Labute approximate surface area is 179 Å². The molecule has 31 heavy (non-hydrogen) atoms. The molecule has 0 aliphatic carbocycles. The largest absolute Gasteiger partial charge is 0.490 e. The van der Waals surface area contributed by atoms with E-state index in [1.807, 2.05) is 0 Å². The number of nitro benzene ring substituents is 1. The van der Waals surface area contributed by atoms with Crippen LogP contribution in [0.25, 0.3) is 0 Å². The average molecular weight is 447 g/mol. The van der Waals surface area contributed by atoms with Gasteiger partial charge in [-0.2, -0.15) is 4.31 Å². The average Bonchev–Trinajstić information content (AvgIpc) is 3.03. The van der Waals surface area contributed by atoms with Gasteiger partial charge in [0.05, 0.1) is 23.0 Å². The lowest BCUT2D eigenvalue weighted by atomic mass is 10.1. The molecule has 0 N–H and O–H groups in total. The van der Waals surface area contributed by atoms with Gasteiger partial charge in [0.25, 0.3) is 11.6 Å². The molecule has 0 radical (unpaired) electrons. The van der Waals surface area contributed by atoms with Crippen LogP contribution in [0, 0.1) is 10.1 Å². The highest BCUT2D eigenvalue weighted by Gasteiger charge is 2.33. The van der Waals surface area contributed by atoms with Crippen molar-refractivity contribution in [2.75, 3.05) is 39.4 Å². The van der Waals surface area contributed by atoms with E-state index in [-0.39, 0.29) is 42.3 Å². The first-order chi connectivity index (χ1) is 14.9. The van der Waals surface area contributed by atoms with E-state index in [0.29, 0.717) is 31.1 Å². The first-order valence-corrected chi connectivity index (χ1v) is 11.2. The predicted molar refractivity (Wildman–Crippen MR) is 110 cm³/mol. The molecule has 0 unspecified atom stereocenters. The minimum atomic E-state index is -3.79. The molecule has 0 atom stereocenters. The van der Waals surface area contributed by atoms with Gasteiger partial charge in [0.2, 0.25) is 10.0 Å². The molecule has 2 aliphatic rings. The lowest BCUT2D eigenvalue weighted by Gasteiger charge is -2.34. The molecule has 10 nitrogen and oxygen atoms in total. The van der Waals surface area contributed by atoms with Crippen LogP contribution in [0.1, 0.15) is 16.8 Å². The van der Waals surface area contributed by atoms with Crippen LogP contribution < -0.4 is 9.47 Å². The standard InChI is InChI=1S/C20H21N3O7S/c24-20(16-4-1-2-5-17(16)23(25)26)21-8-10-22(11-9-21)31(27,28)15-6-7-18-19(14-15)30-13-3-12-29-18/h1-2,4-7,14H,3,8-13H2. The number of nitrogens with zero attached hydrogens (tertiary/aromatic N) is 3. The molecular formula is C20H21N3O7S. The Morgan fingerprint density at radius 1 is 0.968 bits per heavy atom. The number of amides is 1. The molecule has 2 aromatic rings. The normalized spacial score (nSPS) is 17.1. The Bertz CT molecular complexity index is 1110. The predicted octanol–water partition coefficient (Wildman–Crippen LogP) is 1.90. The maximum atomic E-state index is 13.1. The van der Waals surface area contributed by atoms with E-state index in [1.165, 1.54) is 39.5 Å². The zero-order valence-corrected chi connectivity index (χ0v) is 17.4. The van der Waals surface area contributed by atoms with Crippen molar-refractivity contribution in [1.82, 2.24) is 9.21 Å². The van der Waals surface area contributed by atoms with Crippen LogP contribution in [0.15, 0.2) is 47.4 Å². The Hall–Kier alpha value is -3.18. The number of piperazine rings is 1. The molecule has 0 aromatic heterocycles. The number of carbonyl (C=O) groups is 1. The summed E-state index contributed by atoms with van der Waals surface area (Å²) in [6.07, 6.45) is 0.715. The van der Waals surface area contributed by atoms with Crippen LogP contribution in [-0.2, 0) is 10.0 Å². The lowest BCUT2D eigenvalue weighted by molar-refractivity contribution is -0.385. The Morgan fingerprint density at radius 3 is 2.35 bits per heavy atom. The van der Waals surface area contributed by atoms with Gasteiger partial charge in [-0.1, -0.05) is 12.1 Å². The van der Waals surface area contributed by atoms with Gasteiger partial charge in [-0.3, -0.25) is 14.9 Å². The van der Waals surface area contributed by atoms with Gasteiger partial charge in [-0.05, 0) is 18.2 Å². The summed E-state index contributed by atoms with van der Waals surface area (Å²) in [5.41, 5.74) is -0.276. The highest BCUT2D eigenvalue weighted by atomic mass is 32.2. The quantitative estimate of drug-likeness (QED) is 0.519. The van der Waals surface area contributed by atoms with Crippen LogP contribution >= 0.6 is 0 Å². The van der Waals surface area contributed by atoms with Gasteiger partial charge in [-0.15, -0.1) is 0 Å². The fourth-order valence-electron chi connectivity index (χ4n) is 3.57. The van der Waals surface area contributed by atoms with Crippen molar-refractivity contribution < 1.29 is 27.6 Å². The number of benzene rings is 2. The second-order valence-electron chi connectivity index (χ2n) is 7.13. The van der Waals surface area contributed by atoms with E-state index in [9.17, 15) is 23.3 Å². The summed E-state index contributed by atoms with van der Waals surface area (Å²) < 4.78 is 38.6. The maximum absolute atomic E-state index is 13.1. The van der Waals surface area contributed by atoms with E-state index < -0.39 is 20.9 Å². The summed E-state index contributed by atoms with van der Waals surface area (Å²) in [5.74, 6) is 0.417. The number of ether oxygens (including phenoxy) is 2. The van der Waals surface area contributed by atoms with Crippen molar-refractivity contribution in [1.29, 1.82) is 0 Å². The molecule has 4 rings (SSSR count). The third-order valence-corrected chi connectivity index (χ3v) is 7.11. The molecule has 2 aromatic carbocycles. The van der Waals surface area contributed by atoms with Gasteiger partial charge in [0.15, 0.2) is 11.5 Å². The van der Waals surface area contributed by atoms with Crippen molar-refractivity contribution in [3.8, 4) is 11.5 Å². The van der Waals surface area contributed by atoms with Crippen LogP contribution in [0.5, 0.6) is 11.5 Å². The number of fused-ring (bicyclic) bond motifs is 1. The number of hydrogen-bond acceptors (Lipinski definition) is 7. The Kier molecular flexibility index (Phi) is 5.79. The number of para-hydroxylation sites is 1. The summed E-state index contributed by atoms with van der Waals surface area (Å²) >= 11 is 0. The summed E-state index contributed by atoms with van der Waals surface area (Å²) in [7, 11) is -3.79. The van der Waals surface area contributed by atoms with Crippen molar-refractivity contribution in [2.45, 2.75) is 11.3 Å². The van der Waals surface area contributed by atoms with E-state index in [4.69, 9.17) is 9.47 Å². The van der Waals surface area contributed by atoms with Crippen LogP contribution in [0.4, 0.5) is 5.69 Å². The van der Waals surface area contributed by atoms with E-state index in [2.05, 4.69) is 0 Å². The molecule has 1 fully saturated rings.